The maximum absolute atomic E-state index is 11.3. The molecule has 0 aromatic rings. The standard InChI is InChI=1S/C14H25N3O/c1-14(2,10-15)8-5-9-17-12-7-4-3-6-11(12)13(16)18/h11-12,17H,3-9H2,1-2H3,(H2,16,18)/t11-,12-/m0/s1. The summed E-state index contributed by atoms with van der Waals surface area (Å²) in [6.45, 7) is 4.78. The van der Waals surface area contributed by atoms with E-state index in [-0.39, 0.29) is 23.3 Å². The average molecular weight is 251 g/mol. The van der Waals surface area contributed by atoms with Crippen molar-refractivity contribution in [3.05, 3.63) is 0 Å². The van der Waals surface area contributed by atoms with E-state index in [0.29, 0.717) is 0 Å². The summed E-state index contributed by atoms with van der Waals surface area (Å²) in [6, 6.07) is 2.54. The van der Waals surface area contributed by atoms with Gasteiger partial charge in [0.15, 0.2) is 0 Å². The lowest BCUT2D eigenvalue weighted by Crippen LogP contribution is -2.45. The van der Waals surface area contributed by atoms with E-state index in [2.05, 4.69) is 11.4 Å². The van der Waals surface area contributed by atoms with Crippen molar-refractivity contribution >= 4 is 5.91 Å². The number of hydrogen-bond donors (Lipinski definition) is 2. The van der Waals surface area contributed by atoms with Crippen molar-refractivity contribution in [3.63, 3.8) is 0 Å². The van der Waals surface area contributed by atoms with E-state index in [4.69, 9.17) is 11.0 Å². The summed E-state index contributed by atoms with van der Waals surface area (Å²) in [5, 5.41) is 12.4. The molecule has 102 valence electrons. The predicted octanol–water partition coefficient (Wildman–Crippen LogP) is 1.95. The molecule has 1 aliphatic rings. The smallest absolute Gasteiger partial charge is 0.222 e. The molecule has 0 heterocycles. The number of nitriles is 1. The van der Waals surface area contributed by atoms with E-state index in [1.807, 2.05) is 13.8 Å². The molecular formula is C14H25N3O. The van der Waals surface area contributed by atoms with Crippen LogP contribution < -0.4 is 11.1 Å². The summed E-state index contributed by atoms with van der Waals surface area (Å²) >= 11 is 0. The number of hydrogen-bond acceptors (Lipinski definition) is 3. The first-order chi connectivity index (χ1) is 8.46. The summed E-state index contributed by atoms with van der Waals surface area (Å²) in [5.74, 6) is -0.188. The molecule has 1 rings (SSSR count). The van der Waals surface area contributed by atoms with E-state index in [1.165, 1.54) is 6.42 Å². The SMILES string of the molecule is CC(C)(C#N)CCCN[C@H]1CCCC[C@@H]1C(N)=O. The topological polar surface area (TPSA) is 78.9 Å². The van der Waals surface area contributed by atoms with E-state index >= 15 is 0 Å². The molecule has 0 unspecified atom stereocenters. The number of carbonyl (C=O) groups excluding carboxylic acids is 1. The van der Waals surface area contributed by atoms with Crippen LogP contribution in [0.5, 0.6) is 0 Å². The molecule has 0 saturated heterocycles. The molecule has 1 fully saturated rings. The Morgan fingerprint density at radius 3 is 2.72 bits per heavy atom. The lowest BCUT2D eigenvalue weighted by atomic mass is 9.83. The highest BCUT2D eigenvalue weighted by Gasteiger charge is 2.28. The predicted molar refractivity (Wildman–Crippen MR) is 71.6 cm³/mol. The molecule has 0 spiro atoms. The van der Waals surface area contributed by atoms with E-state index in [9.17, 15) is 4.79 Å². The highest BCUT2D eigenvalue weighted by Crippen LogP contribution is 2.25. The largest absolute Gasteiger partial charge is 0.369 e. The number of nitrogens with one attached hydrogen (secondary N) is 1. The van der Waals surface area contributed by atoms with Crippen LogP contribution in [0.4, 0.5) is 0 Å². The minimum absolute atomic E-state index is 0.0114. The zero-order chi connectivity index (χ0) is 13.6. The molecule has 1 saturated carbocycles. The third-order valence-corrected chi connectivity index (χ3v) is 3.82. The zero-order valence-electron chi connectivity index (χ0n) is 11.5. The van der Waals surface area contributed by atoms with Gasteiger partial charge in [0, 0.05) is 6.04 Å². The van der Waals surface area contributed by atoms with Crippen molar-refractivity contribution in [1.82, 2.24) is 5.32 Å². The van der Waals surface area contributed by atoms with Crippen LogP contribution in [0, 0.1) is 22.7 Å². The number of nitrogens with zero attached hydrogens (tertiary/aromatic N) is 1. The lowest BCUT2D eigenvalue weighted by Gasteiger charge is -2.30. The normalized spacial score (nSPS) is 24.5. The fraction of sp³-hybridized carbons (Fsp3) is 0.857. The fourth-order valence-electron chi connectivity index (χ4n) is 2.59. The third kappa shape index (κ3) is 4.66. The van der Waals surface area contributed by atoms with Crippen LogP contribution in [0.1, 0.15) is 52.4 Å². The number of amides is 1. The summed E-state index contributed by atoms with van der Waals surface area (Å²) in [4.78, 5) is 11.3. The van der Waals surface area contributed by atoms with Gasteiger partial charge < -0.3 is 11.1 Å². The van der Waals surface area contributed by atoms with Crippen molar-refractivity contribution in [2.24, 2.45) is 17.1 Å². The van der Waals surface area contributed by atoms with Gasteiger partial charge in [-0.25, -0.2) is 0 Å². The molecule has 0 aliphatic heterocycles. The van der Waals surface area contributed by atoms with Crippen LogP contribution in [0.2, 0.25) is 0 Å². The molecule has 0 radical (unpaired) electrons. The first-order valence-electron chi connectivity index (χ1n) is 6.90. The number of primary amides is 1. The first kappa shape index (κ1) is 15.0. The maximum Gasteiger partial charge on any atom is 0.222 e. The van der Waals surface area contributed by atoms with Gasteiger partial charge in [-0.2, -0.15) is 5.26 Å². The summed E-state index contributed by atoms with van der Waals surface area (Å²) in [6.07, 6.45) is 6.07. The van der Waals surface area contributed by atoms with Crippen molar-refractivity contribution in [1.29, 1.82) is 5.26 Å². The zero-order valence-corrected chi connectivity index (χ0v) is 11.5. The Labute approximate surface area is 110 Å². The molecule has 4 heteroatoms. The van der Waals surface area contributed by atoms with Crippen LogP contribution in [0.15, 0.2) is 0 Å². The number of rotatable bonds is 6. The molecule has 4 nitrogen and oxygen atoms in total. The molecule has 1 aliphatic carbocycles. The lowest BCUT2D eigenvalue weighted by molar-refractivity contribution is -0.123. The van der Waals surface area contributed by atoms with Gasteiger partial charge >= 0.3 is 0 Å². The van der Waals surface area contributed by atoms with Crippen molar-refractivity contribution < 1.29 is 4.79 Å². The van der Waals surface area contributed by atoms with Crippen molar-refractivity contribution in [2.45, 2.75) is 58.4 Å². The van der Waals surface area contributed by atoms with Gasteiger partial charge in [-0.3, -0.25) is 4.79 Å². The first-order valence-corrected chi connectivity index (χ1v) is 6.90. The van der Waals surface area contributed by atoms with E-state index in [0.717, 1.165) is 38.6 Å². The highest BCUT2D eigenvalue weighted by atomic mass is 16.1. The number of nitrogens with two attached hydrogens (primary N) is 1. The van der Waals surface area contributed by atoms with Crippen LogP contribution in [-0.2, 0) is 4.79 Å². The molecule has 0 aromatic heterocycles. The second-order valence-corrected chi connectivity index (χ2v) is 5.95. The van der Waals surface area contributed by atoms with Gasteiger partial charge in [-0.05, 0) is 46.1 Å². The van der Waals surface area contributed by atoms with Gasteiger partial charge in [-0.15, -0.1) is 0 Å². The average Bonchev–Trinajstić information content (AvgIpc) is 2.35. The van der Waals surface area contributed by atoms with Crippen LogP contribution in [-0.4, -0.2) is 18.5 Å². The summed E-state index contributed by atoms with van der Waals surface area (Å²) < 4.78 is 0. The van der Waals surface area contributed by atoms with Crippen LogP contribution in [0.25, 0.3) is 0 Å². The van der Waals surface area contributed by atoms with Gasteiger partial charge in [0.25, 0.3) is 0 Å². The molecule has 0 aromatic carbocycles. The monoisotopic (exact) mass is 251 g/mol. The molecule has 2 atom stereocenters. The van der Waals surface area contributed by atoms with Crippen LogP contribution in [0.3, 0.4) is 0 Å². The Kier molecular flexibility index (Phi) is 5.61. The second-order valence-electron chi connectivity index (χ2n) is 5.95. The Morgan fingerprint density at radius 1 is 1.44 bits per heavy atom. The van der Waals surface area contributed by atoms with Crippen molar-refractivity contribution in [2.75, 3.05) is 6.54 Å². The van der Waals surface area contributed by atoms with Gasteiger partial charge in [0.05, 0.1) is 17.4 Å². The third-order valence-electron chi connectivity index (χ3n) is 3.82. The molecule has 18 heavy (non-hydrogen) atoms. The van der Waals surface area contributed by atoms with Gasteiger partial charge in [-0.1, -0.05) is 12.8 Å². The Morgan fingerprint density at radius 2 is 2.11 bits per heavy atom. The Bertz CT molecular complexity index is 319. The Balaban J connectivity index is 2.29. The van der Waals surface area contributed by atoms with E-state index in [1.54, 1.807) is 0 Å². The van der Waals surface area contributed by atoms with Gasteiger partial charge in [0.1, 0.15) is 0 Å². The number of carbonyl (C=O) groups is 1. The molecule has 3 N–H and O–H groups in total. The van der Waals surface area contributed by atoms with Crippen molar-refractivity contribution in [3.8, 4) is 6.07 Å². The second kappa shape index (κ2) is 6.75. The van der Waals surface area contributed by atoms with E-state index < -0.39 is 0 Å². The minimum Gasteiger partial charge on any atom is -0.369 e. The maximum atomic E-state index is 11.3. The summed E-state index contributed by atoms with van der Waals surface area (Å²) in [7, 11) is 0. The van der Waals surface area contributed by atoms with Gasteiger partial charge in [0.2, 0.25) is 5.91 Å². The van der Waals surface area contributed by atoms with Crippen LogP contribution >= 0.6 is 0 Å². The molecular weight excluding hydrogens is 226 g/mol. The fourth-order valence-corrected chi connectivity index (χ4v) is 2.59. The molecule has 1 amide bonds. The highest BCUT2D eigenvalue weighted by molar-refractivity contribution is 5.77. The quantitative estimate of drug-likeness (QED) is 0.708. The molecule has 0 bridgehead atoms. The minimum atomic E-state index is -0.253. The summed E-state index contributed by atoms with van der Waals surface area (Å²) in [5.41, 5.74) is 5.18. The Hall–Kier alpha value is -1.08.